The Morgan fingerprint density at radius 2 is 2.33 bits per heavy atom. The van der Waals surface area contributed by atoms with Crippen molar-refractivity contribution < 1.29 is 4.79 Å². The molecular weight excluding hydrogens is 176 g/mol. The van der Waals surface area contributed by atoms with Gasteiger partial charge >= 0.3 is 0 Å². The number of nitrogens with one attached hydrogen (secondary N) is 1. The zero-order valence-electron chi connectivity index (χ0n) is 6.89. The van der Waals surface area contributed by atoms with E-state index in [4.69, 9.17) is 11.6 Å². The van der Waals surface area contributed by atoms with Gasteiger partial charge in [-0.2, -0.15) is 0 Å². The number of carbonyl (C=O) groups is 1. The number of amides is 1. The third-order valence-corrected chi connectivity index (χ3v) is 1.85. The van der Waals surface area contributed by atoms with Crippen LogP contribution in [0, 0.1) is 6.92 Å². The average molecular weight is 185 g/mol. The number of halogens is 1. The predicted molar refractivity (Wildman–Crippen MR) is 48.3 cm³/mol. The summed E-state index contributed by atoms with van der Waals surface area (Å²) in [7, 11) is 0. The van der Waals surface area contributed by atoms with Gasteiger partial charge in [0.25, 0.3) is 0 Å². The molecule has 1 rings (SSSR count). The molecule has 64 valence electrons. The monoisotopic (exact) mass is 184 g/mol. The molecule has 1 N–H and O–H groups in total. The Kier molecular flexibility index (Phi) is 2.65. The van der Waals surface area contributed by atoms with Gasteiger partial charge in [-0.25, -0.2) is 4.98 Å². The minimum Gasteiger partial charge on any atom is -0.310 e. The van der Waals surface area contributed by atoms with Gasteiger partial charge in [-0.3, -0.25) is 4.79 Å². The van der Waals surface area contributed by atoms with Crippen LogP contribution in [0.4, 0.5) is 5.82 Å². The maximum Gasteiger partial charge on any atom is 0.222 e. The lowest BCUT2D eigenvalue weighted by molar-refractivity contribution is -0.114. The first-order valence-electron chi connectivity index (χ1n) is 3.50. The van der Waals surface area contributed by atoms with Gasteiger partial charge in [-0.1, -0.05) is 11.6 Å². The minimum atomic E-state index is -0.171. The molecule has 0 aliphatic carbocycles. The fourth-order valence-electron chi connectivity index (χ4n) is 0.794. The molecule has 0 radical (unpaired) electrons. The van der Waals surface area contributed by atoms with Gasteiger partial charge in [-0.15, -0.1) is 0 Å². The zero-order valence-corrected chi connectivity index (χ0v) is 7.64. The average Bonchev–Trinajstić information content (AvgIpc) is 1.98. The summed E-state index contributed by atoms with van der Waals surface area (Å²) in [6.45, 7) is 3.27. The summed E-state index contributed by atoms with van der Waals surface area (Å²) in [6, 6.07) is 1.79. The van der Waals surface area contributed by atoms with Crippen LogP contribution in [0.2, 0.25) is 5.02 Å². The van der Waals surface area contributed by atoms with E-state index >= 15 is 0 Å². The van der Waals surface area contributed by atoms with Gasteiger partial charge in [0.15, 0.2) is 5.82 Å². The fourth-order valence-corrected chi connectivity index (χ4v) is 0.953. The van der Waals surface area contributed by atoms with E-state index in [0.717, 1.165) is 5.56 Å². The Balaban J connectivity index is 3.00. The maximum atomic E-state index is 10.7. The van der Waals surface area contributed by atoms with Crippen LogP contribution in [0.15, 0.2) is 12.3 Å². The normalized spacial score (nSPS) is 9.58. The van der Waals surface area contributed by atoms with Gasteiger partial charge in [0.1, 0.15) is 0 Å². The number of nitrogens with zero attached hydrogens (tertiary/aromatic N) is 1. The predicted octanol–water partition coefficient (Wildman–Crippen LogP) is 2.00. The van der Waals surface area contributed by atoms with Crippen molar-refractivity contribution in [2.45, 2.75) is 13.8 Å². The van der Waals surface area contributed by atoms with Crippen molar-refractivity contribution in [2.24, 2.45) is 0 Å². The van der Waals surface area contributed by atoms with E-state index in [2.05, 4.69) is 10.3 Å². The summed E-state index contributed by atoms with van der Waals surface area (Å²) in [5.41, 5.74) is 0.899. The van der Waals surface area contributed by atoms with Crippen molar-refractivity contribution in [3.05, 3.63) is 22.8 Å². The van der Waals surface area contributed by atoms with E-state index < -0.39 is 0 Å². The van der Waals surface area contributed by atoms with E-state index in [1.165, 1.54) is 6.92 Å². The van der Waals surface area contributed by atoms with Gasteiger partial charge in [0.05, 0.1) is 5.02 Å². The van der Waals surface area contributed by atoms with Crippen molar-refractivity contribution >= 4 is 23.3 Å². The van der Waals surface area contributed by atoms with Crippen LogP contribution in [0.5, 0.6) is 0 Å². The lowest BCUT2D eigenvalue weighted by Crippen LogP contribution is -2.08. The molecule has 0 saturated carbocycles. The first-order chi connectivity index (χ1) is 5.61. The molecular formula is C8H9ClN2O. The summed E-state index contributed by atoms with van der Waals surface area (Å²) in [6.07, 6.45) is 1.60. The van der Waals surface area contributed by atoms with E-state index in [1.807, 2.05) is 6.92 Å². The number of rotatable bonds is 1. The highest BCUT2D eigenvalue weighted by Gasteiger charge is 2.04. The minimum absolute atomic E-state index is 0.171. The smallest absolute Gasteiger partial charge is 0.222 e. The molecule has 0 aliphatic rings. The molecule has 12 heavy (non-hydrogen) atoms. The standard InChI is InChI=1S/C8H9ClN2O/c1-5-3-4-10-8(7(5)9)11-6(2)12/h3-4H,1-2H3,(H,10,11,12). The molecule has 1 amide bonds. The van der Waals surface area contributed by atoms with E-state index in [-0.39, 0.29) is 5.91 Å². The number of anilines is 1. The third kappa shape index (κ3) is 1.95. The summed E-state index contributed by atoms with van der Waals surface area (Å²) in [5.74, 6) is 0.249. The van der Waals surface area contributed by atoms with Crippen LogP contribution in [-0.4, -0.2) is 10.9 Å². The molecule has 1 aromatic rings. The number of aryl methyl sites for hydroxylation is 1. The van der Waals surface area contributed by atoms with Crippen molar-refractivity contribution in [1.82, 2.24) is 4.98 Å². The largest absolute Gasteiger partial charge is 0.310 e. The molecule has 0 aliphatic heterocycles. The Morgan fingerprint density at radius 1 is 1.67 bits per heavy atom. The van der Waals surface area contributed by atoms with Gasteiger partial charge < -0.3 is 5.32 Å². The van der Waals surface area contributed by atoms with Crippen LogP contribution in [0.25, 0.3) is 0 Å². The summed E-state index contributed by atoms with van der Waals surface area (Å²) in [5, 5.41) is 3.03. The number of aromatic nitrogens is 1. The molecule has 0 saturated heterocycles. The van der Waals surface area contributed by atoms with E-state index in [9.17, 15) is 4.79 Å². The summed E-state index contributed by atoms with van der Waals surface area (Å²) >= 11 is 5.86. The van der Waals surface area contributed by atoms with Crippen LogP contribution in [0.1, 0.15) is 12.5 Å². The summed E-state index contributed by atoms with van der Waals surface area (Å²) in [4.78, 5) is 14.6. The second kappa shape index (κ2) is 3.54. The summed E-state index contributed by atoms with van der Waals surface area (Å²) < 4.78 is 0. The first-order valence-corrected chi connectivity index (χ1v) is 3.87. The van der Waals surface area contributed by atoms with Crippen LogP contribution in [-0.2, 0) is 4.79 Å². The molecule has 0 unspecified atom stereocenters. The number of pyridine rings is 1. The molecule has 4 heteroatoms. The lowest BCUT2D eigenvalue weighted by Gasteiger charge is -2.04. The van der Waals surface area contributed by atoms with Gasteiger partial charge in [-0.05, 0) is 18.6 Å². The molecule has 0 spiro atoms. The number of carbonyl (C=O) groups excluding carboxylic acids is 1. The Hall–Kier alpha value is -1.09. The second-order valence-corrected chi connectivity index (χ2v) is 2.85. The zero-order chi connectivity index (χ0) is 9.14. The molecule has 0 bridgehead atoms. The number of hydrogen-bond donors (Lipinski definition) is 1. The molecule has 0 atom stereocenters. The Morgan fingerprint density at radius 3 is 2.92 bits per heavy atom. The molecule has 1 aromatic heterocycles. The molecule has 1 heterocycles. The molecule has 0 aromatic carbocycles. The second-order valence-electron chi connectivity index (χ2n) is 2.47. The molecule has 3 nitrogen and oxygen atoms in total. The Bertz CT molecular complexity index is 312. The van der Waals surface area contributed by atoms with Crippen molar-refractivity contribution in [3.8, 4) is 0 Å². The maximum absolute atomic E-state index is 10.7. The third-order valence-electron chi connectivity index (χ3n) is 1.38. The van der Waals surface area contributed by atoms with Crippen LogP contribution < -0.4 is 5.32 Å². The van der Waals surface area contributed by atoms with Gasteiger partial charge in [0.2, 0.25) is 5.91 Å². The van der Waals surface area contributed by atoms with Crippen LogP contribution in [0.3, 0.4) is 0 Å². The quantitative estimate of drug-likeness (QED) is 0.726. The van der Waals surface area contributed by atoms with Crippen molar-refractivity contribution in [1.29, 1.82) is 0 Å². The van der Waals surface area contributed by atoms with Crippen LogP contribution >= 0.6 is 11.6 Å². The topological polar surface area (TPSA) is 42.0 Å². The van der Waals surface area contributed by atoms with E-state index in [1.54, 1.807) is 12.3 Å². The lowest BCUT2D eigenvalue weighted by atomic mass is 10.3. The Labute approximate surface area is 75.8 Å². The van der Waals surface area contributed by atoms with Crippen molar-refractivity contribution in [3.63, 3.8) is 0 Å². The highest BCUT2D eigenvalue weighted by Crippen LogP contribution is 2.21. The highest BCUT2D eigenvalue weighted by molar-refractivity contribution is 6.34. The first kappa shape index (κ1) is 9.00. The highest BCUT2D eigenvalue weighted by atomic mass is 35.5. The number of hydrogen-bond acceptors (Lipinski definition) is 2. The van der Waals surface area contributed by atoms with Gasteiger partial charge in [0, 0.05) is 13.1 Å². The van der Waals surface area contributed by atoms with Crippen molar-refractivity contribution in [2.75, 3.05) is 5.32 Å². The SMILES string of the molecule is CC(=O)Nc1nccc(C)c1Cl. The fraction of sp³-hybridized carbons (Fsp3) is 0.250. The van der Waals surface area contributed by atoms with E-state index in [0.29, 0.717) is 10.8 Å². The molecule has 0 fully saturated rings.